The largest absolute Gasteiger partial charge is 0.387 e. The first-order chi connectivity index (χ1) is 15.0. The van der Waals surface area contributed by atoms with Crippen LogP contribution in [0.15, 0.2) is 24.3 Å². The van der Waals surface area contributed by atoms with Crippen molar-refractivity contribution in [2.45, 2.75) is 50.9 Å². The Bertz CT molecular complexity index is 731. The van der Waals surface area contributed by atoms with E-state index in [0.717, 1.165) is 91.4 Å². The Morgan fingerprint density at radius 2 is 1.74 bits per heavy atom. The van der Waals surface area contributed by atoms with E-state index in [2.05, 4.69) is 44.3 Å². The molecule has 3 heterocycles. The number of ether oxygens (including phenoxy) is 1. The summed E-state index contributed by atoms with van der Waals surface area (Å²) in [6, 6.07) is 9.18. The lowest BCUT2D eigenvalue weighted by Crippen LogP contribution is -2.50. The molecule has 1 amide bonds. The maximum Gasteiger partial charge on any atom is 0.217 e. The third-order valence-corrected chi connectivity index (χ3v) is 6.83. The number of rotatable bonds is 7. The van der Waals surface area contributed by atoms with Crippen molar-refractivity contribution in [3.05, 3.63) is 35.4 Å². The number of aliphatic hydroxyl groups is 1. The lowest BCUT2D eigenvalue weighted by atomic mass is 9.99. The molecule has 1 atom stereocenters. The Morgan fingerprint density at radius 3 is 2.42 bits per heavy atom. The zero-order chi connectivity index (χ0) is 21.7. The van der Waals surface area contributed by atoms with Gasteiger partial charge < -0.3 is 20.1 Å². The SMILES string of the molecule is CC(=O)NC1CCN(CC2(O)CCN(Cc3cccc(CN4CCOCC4)c3)C2)CC1. The maximum atomic E-state index is 11.3. The van der Waals surface area contributed by atoms with Gasteiger partial charge in [0.05, 0.1) is 18.8 Å². The van der Waals surface area contributed by atoms with Crippen molar-refractivity contribution in [2.24, 2.45) is 0 Å². The second-order valence-corrected chi connectivity index (χ2v) is 9.64. The van der Waals surface area contributed by atoms with E-state index >= 15 is 0 Å². The third kappa shape index (κ3) is 6.73. The quantitative estimate of drug-likeness (QED) is 0.674. The van der Waals surface area contributed by atoms with Crippen LogP contribution in [-0.2, 0) is 22.6 Å². The first-order valence-corrected chi connectivity index (χ1v) is 11.8. The molecule has 0 bridgehead atoms. The van der Waals surface area contributed by atoms with Crippen molar-refractivity contribution < 1.29 is 14.6 Å². The number of nitrogens with one attached hydrogen (secondary N) is 1. The Hall–Kier alpha value is -1.51. The highest BCUT2D eigenvalue weighted by molar-refractivity contribution is 5.73. The van der Waals surface area contributed by atoms with Crippen LogP contribution >= 0.6 is 0 Å². The molecule has 0 spiro atoms. The van der Waals surface area contributed by atoms with Gasteiger partial charge in [0.25, 0.3) is 0 Å². The normalized spacial score (nSPS) is 26.9. The van der Waals surface area contributed by atoms with Crippen LogP contribution in [0.5, 0.6) is 0 Å². The van der Waals surface area contributed by atoms with Crippen LogP contribution < -0.4 is 5.32 Å². The molecule has 172 valence electrons. The first-order valence-electron chi connectivity index (χ1n) is 11.8. The molecule has 1 aromatic carbocycles. The van der Waals surface area contributed by atoms with Crippen LogP contribution in [0.1, 0.15) is 37.3 Å². The number of likely N-dealkylation sites (tertiary alicyclic amines) is 2. The average molecular weight is 431 g/mol. The lowest BCUT2D eigenvalue weighted by Gasteiger charge is -2.36. The fourth-order valence-electron chi connectivity index (χ4n) is 5.25. The molecular formula is C24H38N4O3. The monoisotopic (exact) mass is 430 g/mol. The van der Waals surface area contributed by atoms with Crippen LogP contribution in [0.2, 0.25) is 0 Å². The van der Waals surface area contributed by atoms with Crippen LogP contribution in [0.25, 0.3) is 0 Å². The number of morpholine rings is 1. The van der Waals surface area contributed by atoms with E-state index in [9.17, 15) is 9.90 Å². The predicted octanol–water partition coefficient (Wildman–Crippen LogP) is 1.06. The summed E-state index contributed by atoms with van der Waals surface area (Å²) in [5.41, 5.74) is 2.05. The fraction of sp³-hybridized carbons (Fsp3) is 0.708. The van der Waals surface area contributed by atoms with E-state index in [-0.39, 0.29) is 11.9 Å². The van der Waals surface area contributed by atoms with Gasteiger partial charge in [-0.25, -0.2) is 0 Å². The van der Waals surface area contributed by atoms with Gasteiger partial charge >= 0.3 is 0 Å². The molecule has 0 aromatic heterocycles. The van der Waals surface area contributed by atoms with Crippen molar-refractivity contribution >= 4 is 5.91 Å². The molecule has 7 nitrogen and oxygen atoms in total. The molecule has 3 fully saturated rings. The van der Waals surface area contributed by atoms with E-state index in [1.54, 1.807) is 6.92 Å². The van der Waals surface area contributed by atoms with Gasteiger partial charge in [0.15, 0.2) is 0 Å². The van der Waals surface area contributed by atoms with Gasteiger partial charge in [-0.05, 0) is 30.4 Å². The van der Waals surface area contributed by atoms with Gasteiger partial charge in [0.2, 0.25) is 5.91 Å². The highest BCUT2D eigenvalue weighted by atomic mass is 16.5. The molecule has 1 aromatic rings. The molecule has 7 heteroatoms. The van der Waals surface area contributed by atoms with Crippen LogP contribution in [0, 0.1) is 0 Å². The molecule has 3 aliphatic rings. The molecule has 0 saturated carbocycles. The van der Waals surface area contributed by atoms with Crippen molar-refractivity contribution in [1.29, 1.82) is 0 Å². The van der Waals surface area contributed by atoms with E-state index < -0.39 is 5.60 Å². The minimum atomic E-state index is -0.633. The van der Waals surface area contributed by atoms with Crippen LogP contribution in [-0.4, -0.2) is 96.4 Å². The van der Waals surface area contributed by atoms with E-state index in [1.165, 1.54) is 11.1 Å². The van der Waals surface area contributed by atoms with Crippen molar-refractivity contribution in [3.8, 4) is 0 Å². The van der Waals surface area contributed by atoms with Gasteiger partial charge in [-0.2, -0.15) is 0 Å². The standard InChI is InChI=1S/C24H38N4O3/c1-20(29)25-23-5-8-27(9-6-23)18-24(30)7-10-28(19-24)17-22-4-2-3-21(15-22)16-26-11-13-31-14-12-26/h2-4,15,23,30H,5-14,16-19H2,1H3,(H,25,29). The van der Waals surface area contributed by atoms with Crippen molar-refractivity contribution in [2.75, 3.05) is 59.0 Å². The summed E-state index contributed by atoms with van der Waals surface area (Å²) in [5, 5.41) is 14.2. The highest BCUT2D eigenvalue weighted by Crippen LogP contribution is 2.26. The summed E-state index contributed by atoms with van der Waals surface area (Å²) < 4.78 is 5.45. The molecular weight excluding hydrogens is 392 g/mol. The Kier molecular flexibility index (Phi) is 7.61. The Balaban J connectivity index is 1.24. The van der Waals surface area contributed by atoms with Crippen molar-refractivity contribution in [3.63, 3.8) is 0 Å². The lowest BCUT2D eigenvalue weighted by molar-refractivity contribution is -0.120. The van der Waals surface area contributed by atoms with Gasteiger partial charge in [-0.3, -0.25) is 14.6 Å². The fourth-order valence-corrected chi connectivity index (χ4v) is 5.25. The molecule has 0 aliphatic carbocycles. The summed E-state index contributed by atoms with van der Waals surface area (Å²) in [7, 11) is 0. The zero-order valence-corrected chi connectivity index (χ0v) is 18.9. The number of β-amino-alcohol motifs (C(OH)–C–C–N with tert-alkyl or cyclic N) is 1. The highest BCUT2D eigenvalue weighted by Gasteiger charge is 2.38. The maximum absolute atomic E-state index is 11.3. The summed E-state index contributed by atoms with van der Waals surface area (Å²) >= 11 is 0. The first kappa shape index (κ1) is 22.7. The molecule has 3 aliphatic heterocycles. The number of carbonyl (C=O) groups is 1. The van der Waals surface area contributed by atoms with Gasteiger partial charge in [-0.15, -0.1) is 0 Å². The molecule has 31 heavy (non-hydrogen) atoms. The Labute approximate surface area is 186 Å². The number of hydrogen-bond donors (Lipinski definition) is 2. The third-order valence-electron chi connectivity index (χ3n) is 6.83. The predicted molar refractivity (Wildman–Crippen MR) is 121 cm³/mol. The number of hydrogen-bond acceptors (Lipinski definition) is 6. The second kappa shape index (κ2) is 10.4. The number of piperidine rings is 1. The van der Waals surface area contributed by atoms with E-state index in [1.807, 2.05) is 0 Å². The smallest absolute Gasteiger partial charge is 0.217 e. The summed E-state index contributed by atoms with van der Waals surface area (Å²) in [5.74, 6) is 0.0533. The van der Waals surface area contributed by atoms with E-state index in [0.29, 0.717) is 0 Å². The van der Waals surface area contributed by atoms with Crippen molar-refractivity contribution in [1.82, 2.24) is 20.0 Å². The second-order valence-electron chi connectivity index (χ2n) is 9.64. The molecule has 1 unspecified atom stereocenters. The van der Waals surface area contributed by atoms with Gasteiger partial charge in [0, 0.05) is 71.9 Å². The number of carbonyl (C=O) groups excluding carboxylic acids is 1. The molecule has 2 N–H and O–H groups in total. The average Bonchev–Trinajstić information content (AvgIpc) is 3.10. The number of benzene rings is 1. The molecule has 4 rings (SSSR count). The summed E-state index contributed by atoms with van der Waals surface area (Å²) in [6.07, 6.45) is 2.76. The molecule has 3 saturated heterocycles. The summed E-state index contributed by atoms with van der Waals surface area (Å²) in [6.45, 7) is 11.4. The minimum Gasteiger partial charge on any atom is -0.387 e. The van der Waals surface area contributed by atoms with E-state index in [4.69, 9.17) is 4.74 Å². The van der Waals surface area contributed by atoms with Gasteiger partial charge in [0.1, 0.15) is 0 Å². The zero-order valence-electron chi connectivity index (χ0n) is 18.9. The van der Waals surface area contributed by atoms with Gasteiger partial charge in [-0.1, -0.05) is 24.3 Å². The number of nitrogens with zero attached hydrogens (tertiary/aromatic N) is 3. The minimum absolute atomic E-state index is 0.0533. The number of amides is 1. The Morgan fingerprint density at radius 1 is 1.06 bits per heavy atom. The topological polar surface area (TPSA) is 68.3 Å². The summed E-state index contributed by atoms with van der Waals surface area (Å²) in [4.78, 5) is 18.5. The molecule has 0 radical (unpaired) electrons. The van der Waals surface area contributed by atoms with Crippen LogP contribution in [0.4, 0.5) is 0 Å². The van der Waals surface area contributed by atoms with Crippen LogP contribution in [0.3, 0.4) is 0 Å².